The summed E-state index contributed by atoms with van der Waals surface area (Å²) in [4.78, 5) is 11.3. The second kappa shape index (κ2) is 7.10. The van der Waals surface area contributed by atoms with Gasteiger partial charge in [0.15, 0.2) is 0 Å². The Labute approximate surface area is 123 Å². The molecule has 0 unspecified atom stereocenters. The minimum absolute atomic E-state index is 0.0950. The van der Waals surface area contributed by atoms with Crippen molar-refractivity contribution in [1.82, 2.24) is 15.1 Å². The first-order chi connectivity index (χ1) is 9.69. The third-order valence-electron chi connectivity index (χ3n) is 2.98. The highest BCUT2D eigenvalue weighted by Crippen LogP contribution is 2.20. The number of nitrogens with one attached hydrogen (secondary N) is 1. The predicted molar refractivity (Wildman–Crippen MR) is 80.6 cm³/mol. The van der Waals surface area contributed by atoms with Crippen LogP contribution in [-0.2, 0) is 11.3 Å². The number of hydrogen-bond acceptors (Lipinski definition) is 2. The van der Waals surface area contributed by atoms with Crippen LogP contribution >= 0.6 is 11.6 Å². The third kappa shape index (κ3) is 4.10. The van der Waals surface area contributed by atoms with E-state index in [1.165, 1.54) is 0 Å². The van der Waals surface area contributed by atoms with Crippen LogP contribution < -0.4 is 5.32 Å². The Balaban J connectivity index is 1.89. The van der Waals surface area contributed by atoms with E-state index in [0.717, 1.165) is 29.1 Å². The molecule has 0 bridgehead atoms. The summed E-state index contributed by atoms with van der Waals surface area (Å²) in [5, 5.41) is 7.82. The van der Waals surface area contributed by atoms with Gasteiger partial charge in [-0.05, 0) is 31.0 Å². The number of halogens is 1. The zero-order chi connectivity index (χ0) is 14.4. The highest BCUT2D eigenvalue weighted by molar-refractivity contribution is 6.30. The van der Waals surface area contributed by atoms with Crippen molar-refractivity contribution in [3.05, 3.63) is 41.7 Å². The summed E-state index contributed by atoms with van der Waals surface area (Å²) in [6.07, 6.45) is 5.13. The molecule has 0 aliphatic heterocycles. The smallest absolute Gasteiger partial charge is 0.220 e. The molecule has 1 N–H and O–H groups in total. The molecule has 1 amide bonds. The molecule has 20 heavy (non-hydrogen) atoms. The Morgan fingerprint density at radius 1 is 1.30 bits per heavy atom. The molecule has 0 aliphatic rings. The summed E-state index contributed by atoms with van der Waals surface area (Å²) >= 11 is 5.87. The fraction of sp³-hybridized carbons (Fsp3) is 0.333. The van der Waals surface area contributed by atoms with Gasteiger partial charge in [0.25, 0.3) is 0 Å². The zero-order valence-corrected chi connectivity index (χ0v) is 12.2. The van der Waals surface area contributed by atoms with E-state index >= 15 is 0 Å². The molecule has 5 heteroatoms. The van der Waals surface area contributed by atoms with Gasteiger partial charge in [-0.25, -0.2) is 0 Å². The van der Waals surface area contributed by atoms with E-state index in [1.54, 1.807) is 0 Å². The van der Waals surface area contributed by atoms with Gasteiger partial charge in [0, 0.05) is 36.3 Å². The standard InChI is InChI=1S/C15H18ClN3O/c1-2-17-15(20)4-3-9-19-11-13(10-18-19)12-5-7-14(16)8-6-12/h5-8,10-11H,2-4,9H2,1H3,(H,17,20). The quantitative estimate of drug-likeness (QED) is 0.889. The van der Waals surface area contributed by atoms with Gasteiger partial charge in [0.05, 0.1) is 6.20 Å². The minimum atomic E-state index is 0.0950. The molecule has 0 saturated carbocycles. The van der Waals surface area contributed by atoms with E-state index in [9.17, 15) is 4.79 Å². The van der Waals surface area contributed by atoms with Gasteiger partial charge >= 0.3 is 0 Å². The number of carbonyl (C=O) groups is 1. The molecule has 1 aromatic heterocycles. The van der Waals surface area contributed by atoms with Crippen LogP contribution in [0.5, 0.6) is 0 Å². The summed E-state index contributed by atoms with van der Waals surface area (Å²) in [7, 11) is 0. The number of aryl methyl sites for hydroxylation is 1. The van der Waals surface area contributed by atoms with Crippen LogP contribution in [0.15, 0.2) is 36.7 Å². The van der Waals surface area contributed by atoms with Crippen molar-refractivity contribution >= 4 is 17.5 Å². The number of hydrogen-bond donors (Lipinski definition) is 1. The highest BCUT2D eigenvalue weighted by atomic mass is 35.5. The van der Waals surface area contributed by atoms with Gasteiger partial charge in [-0.3, -0.25) is 9.48 Å². The minimum Gasteiger partial charge on any atom is -0.356 e. The van der Waals surface area contributed by atoms with Crippen LogP contribution in [0.25, 0.3) is 11.1 Å². The van der Waals surface area contributed by atoms with Crippen LogP contribution in [0, 0.1) is 0 Å². The largest absolute Gasteiger partial charge is 0.356 e. The molecule has 0 atom stereocenters. The molecule has 2 rings (SSSR count). The second-order valence-corrected chi connectivity index (χ2v) is 4.99. The molecule has 0 saturated heterocycles. The Morgan fingerprint density at radius 3 is 2.75 bits per heavy atom. The molecule has 2 aromatic rings. The maximum Gasteiger partial charge on any atom is 0.220 e. The Morgan fingerprint density at radius 2 is 2.05 bits per heavy atom. The van der Waals surface area contributed by atoms with Crippen molar-refractivity contribution in [2.45, 2.75) is 26.3 Å². The van der Waals surface area contributed by atoms with Crippen molar-refractivity contribution in [2.75, 3.05) is 6.54 Å². The molecule has 106 valence electrons. The molecule has 0 fully saturated rings. The lowest BCUT2D eigenvalue weighted by atomic mass is 10.1. The van der Waals surface area contributed by atoms with Crippen LogP contribution in [0.3, 0.4) is 0 Å². The van der Waals surface area contributed by atoms with E-state index < -0.39 is 0 Å². The van der Waals surface area contributed by atoms with Crippen LogP contribution in [0.2, 0.25) is 5.02 Å². The molecular formula is C15H18ClN3O. The monoisotopic (exact) mass is 291 g/mol. The van der Waals surface area contributed by atoms with E-state index in [1.807, 2.05) is 48.3 Å². The highest BCUT2D eigenvalue weighted by Gasteiger charge is 2.03. The van der Waals surface area contributed by atoms with E-state index in [-0.39, 0.29) is 5.91 Å². The van der Waals surface area contributed by atoms with Crippen molar-refractivity contribution in [1.29, 1.82) is 0 Å². The lowest BCUT2D eigenvalue weighted by molar-refractivity contribution is -0.121. The molecule has 4 nitrogen and oxygen atoms in total. The zero-order valence-electron chi connectivity index (χ0n) is 11.5. The summed E-state index contributed by atoms with van der Waals surface area (Å²) in [5.74, 6) is 0.0950. The first kappa shape index (κ1) is 14.6. The SMILES string of the molecule is CCNC(=O)CCCn1cc(-c2ccc(Cl)cc2)cn1. The Bertz CT molecular complexity index is 563. The molecule has 0 spiro atoms. The lowest BCUT2D eigenvalue weighted by Crippen LogP contribution is -2.22. The van der Waals surface area contributed by atoms with E-state index in [0.29, 0.717) is 13.0 Å². The second-order valence-electron chi connectivity index (χ2n) is 4.56. The van der Waals surface area contributed by atoms with Crippen LogP contribution in [-0.4, -0.2) is 22.2 Å². The average molecular weight is 292 g/mol. The van der Waals surface area contributed by atoms with Gasteiger partial charge in [-0.1, -0.05) is 23.7 Å². The number of rotatable bonds is 6. The first-order valence-corrected chi connectivity index (χ1v) is 7.12. The summed E-state index contributed by atoms with van der Waals surface area (Å²) < 4.78 is 1.86. The first-order valence-electron chi connectivity index (χ1n) is 6.74. The lowest BCUT2D eigenvalue weighted by Gasteiger charge is -2.02. The number of aromatic nitrogens is 2. The molecule has 0 aliphatic carbocycles. The number of carbonyl (C=O) groups excluding carboxylic acids is 1. The van der Waals surface area contributed by atoms with Crippen molar-refractivity contribution < 1.29 is 4.79 Å². The number of amides is 1. The fourth-order valence-electron chi connectivity index (χ4n) is 1.96. The predicted octanol–water partition coefficient (Wildman–Crippen LogP) is 3.12. The maximum absolute atomic E-state index is 11.3. The summed E-state index contributed by atoms with van der Waals surface area (Å²) in [6, 6.07) is 7.67. The fourth-order valence-corrected chi connectivity index (χ4v) is 2.09. The van der Waals surface area contributed by atoms with E-state index in [2.05, 4.69) is 10.4 Å². The molecular weight excluding hydrogens is 274 g/mol. The number of nitrogens with zero attached hydrogens (tertiary/aromatic N) is 2. The van der Waals surface area contributed by atoms with Gasteiger partial charge in [-0.15, -0.1) is 0 Å². The third-order valence-corrected chi connectivity index (χ3v) is 3.23. The molecule has 0 radical (unpaired) electrons. The van der Waals surface area contributed by atoms with Crippen LogP contribution in [0.4, 0.5) is 0 Å². The Kier molecular flexibility index (Phi) is 5.18. The van der Waals surface area contributed by atoms with Crippen molar-refractivity contribution in [2.24, 2.45) is 0 Å². The van der Waals surface area contributed by atoms with E-state index in [4.69, 9.17) is 11.6 Å². The Hall–Kier alpha value is -1.81. The number of benzene rings is 1. The summed E-state index contributed by atoms with van der Waals surface area (Å²) in [6.45, 7) is 3.34. The maximum atomic E-state index is 11.3. The van der Waals surface area contributed by atoms with Crippen LogP contribution in [0.1, 0.15) is 19.8 Å². The van der Waals surface area contributed by atoms with Gasteiger partial charge in [0.1, 0.15) is 0 Å². The average Bonchev–Trinajstić information content (AvgIpc) is 2.89. The molecule has 1 aromatic carbocycles. The van der Waals surface area contributed by atoms with Crippen molar-refractivity contribution in [3.8, 4) is 11.1 Å². The van der Waals surface area contributed by atoms with Gasteiger partial charge < -0.3 is 5.32 Å². The van der Waals surface area contributed by atoms with Crippen molar-refractivity contribution in [3.63, 3.8) is 0 Å². The van der Waals surface area contributed by atoms with Gasteiger partial charge in [0.2, 0.25) is 5.91 Å². The topological polar surface area (TPSA) is 46.9 Å². The summed E-state index contributed by atoms with van der Waals surface area (Å²) in [5.41, 5.74) is 2.14. The normalized spacial score (nSPS) is 10.5. The van der Waals surface area contributed by atoms with Gasteiger partial charge in [-0.2, -0.15) is 5.10 Å². The molecule has 1 heterocycles.